The molecule has 0 radical (unpaired) electrons. The molecule has 2 aromatic carbocycles. The van der Waals surface area contributed by atoms with Crippen molar-refractivity contribution in [2.75, 3.05) is 11.9 Å². The number of rotatable bonds is 4. The zero-order chi connectivity index (χ0) is 16.1. The van der Waals surface area contributed by atoms with E-state index in [1.807, 2.05) is 0 Å². The van der Waals surface area contributed by atoms with E-state index in [2.05, 4.69) is 5.32 Å². The molecule has 0 heterocycles. The summed E-state index contributed by atoms with van der Waals surface area (Å²) in [5.74, 6) is -1.92. The third-order valence-corrected chi connectivity index (χ3v) is 3.29. The van der Waals surface area contributed by atoms with E-state index in [4.69, 9.17) is 27.9 Å². The zero-order valence-electron chi connectivity index (χ0n) is 11.1. The molecule has 1 amide bonds. The largest absolute Gasteiger partial charge is 0.452 e. The average molecular weight is 342 g/mol. The molecule has 0 saturated carbocycles. The molecule has 4 nitrogen and oxygen atoms in total. The predicted octanol–water partition coefficient (Wildman–Crippen LogP) is 3.93. The molecule has 0 atom stereocenters. The smallest absolute Gasteiger partial charge is 0.340 e. The first-order chi connectivity index (χ1) is 10.5. The van der Waals surface area contributed by atoms with Crippen LogP contribution in [0.25, 0.3) is 0 Å². The molecule has 7 heteroatoms. The summed E-state index contributed by atoms with van der Waals surface area (Å²) in [5.41, 5.74) is 0.251. The Morgan fingerprint density at radius 3 is 2.55 bits per heavy atom. The maximum Gasteiger partial charge on any atom is 0.340 e. The molecule has 0 aromatic heterocycles. The van der Waals surface area contributed by atoms with Crippen LogP contribution in [0.3, 0.4) is 0 Å². The molecule has 0 spiro atoms. The zero-order valence-corrected chi connectivity index (χ0v) is 12.6. The van der Waals surface area contributed by atoms with Gasteiger partial charge in [0.25, 0.3) is 5.91 Å². The number of halogens is 3. The highest BCUT2D eigenvalue weighted by Gasteiger charge is 2.14. The third kappa shape index (κ3) is 4.19. The summed E-state index contributed by atoms with van der Waals surface area (Å²) in [6, 6.07) is 9.83. The van der Waals surface area contributed by atoms with E-state index in [9.17, 15) is 14.0 Å². The maximum atomic E-state index is 13.1. The molecular formula is C15H10Cl2FNO3. The van der Waals surface area contributed by atoms with Crippen LogP contribution in [0.15, 0.2) is 42.5 Å². The second-order valence-electron chi connectivity index (χ2n) is 4.23. The van der Waals surface area contributed by atoms with Gasteiger partial charge in [-0.25, -0.2) is 9.18 Å². The molecule has 0 fully saturated rings. The van der Waals surface area contributed by atoms with Gasteiger partial charge in [-0.05, 0) is 30.3 Å². The molecule has 0 unspecified atom stereocenters. The van der Waals surface area contributed by atoms with Gasteiger partial charge in [0.15, 0.2) is 6.61 Å². The van der Waals surface area contributed by atoms with Gasteiger partial charge in [-0.3, -0.25) is 4.79 Å². The highest BCUT2D eigenvalue weighted by molar-refractivity contribution is 6.34. The molecule has 22 heavy (non-hydrogen) atoms. The molecule has 0 aliphatic rings. The van der Waals surface area contributed by atoms with Gasteiger partial charge in [0.2, 0.25) is 0 Å². The Bertz CT molecular complexity index is 722. The number of esters is 1. The van der Waals surface area contributed by atoms with E-state index in [0.29, 0.717) is 0 Å². The first-order valence-electron chi connectivity index (χ1n) is 6.14. The van der Waals surface area contributed by atoms with Gasteiger partial charge < -0.3 is 10.1 Å². The van der Waals surface area contributed by atoms with Crippen molar-refractivity contribution in [3.63, 3.8) is 0 Å². The Morgan fingerprint density at radius 1 is 1.09 bits per heavy atom. The van der Waals surface area contributed by atoms with Crippen LogP contribution < -0.4 is 5.32 Å². The van der Waals surface area contributed by atoms with Gasteiger partial charge in [0.1, 0.15) is 5.82 Å². The van der Waals surface area contributed by atoms with Gasteiger partial charge in [0.05, 0.1) is 21.3 Å². The van der Waals surface area contributed by atoms with Gasteiger partial charge in [0, 0.05) is 0 Å². The number of benzene rings is 2. The normalized spacial score (nSPS) is 10.1. The standard InChI is InChI=1S/C15H10Cl2FNO3/c16-11-4-2-1-3-10(11)15(21)22-8-14(20)19-13-7-9(18)5-6-12(13)17/h1-7H,8H2,(H,19,20). The van der Waals surface area contributed by atoms with Crippen molar-refractivity contribution in [2.45, 2.75) is 0 Å². The highest BCUT2D eigenvalue weighted by Crippen LogP contribution is 2.22. The van der Waals surface area contributed by atoms with Gasteiger partial charge in [-0.1, -0.05) is 35.3 Å². The molecule has 0 aliphatic heterocycles. The number of carbonyl (C=O) groups is 2. The Morgan fingerprint density at radius 2 is 1.82 bits per heavy atom. The van der Waals surface area contributed by atoms with Gasteiger partial charge in [-0.2, -0.15) is 0 Å². The summed E-state index contributed by atoms with van der Waals surface area (Å²) < 4.78 is 17.9. The summed E-state index contributed by atoms with van der Waals surface area (Å²) in [5, 5.41) is 2.75. The quantitative estimate of drug-likeness (QED) is 0.857. The van der Waals surface area contributed by atoms with Crippen LogP contribution in [0.5, 0.6) is 0 Å². The van der Waals surface area contributed by atoms with Gasteiger partial charge in [-0.15, -0.1) is 0 Å². The summed E-state index contributed by atoms with van der Waals surface area (Å²) in [6.45, 7) is -0.545. The van der Waals surface area contributed by atoms with Crippen molar-refractivity contribution >= 4 is 40.8 Å². The minimum absolute atomic E-state index is 0.0976. The second kappa shape index (κ2) is 7.24. The topological polar surface area (TPSA) is 55.4 Å². The fourth-order valence-electron chi connectivity index (χ4n) is 1.62. The maximum absolute atomic E-state index is 13.1. The fraction of sp³-hybridized carbons (Fsp3) is 0.0667. The Balaban J connectivity index is 1.94. The van der Waals surface area contributed by atoms with E-state index in [1.54, 1.807) is 12.1 Å². The molecule has 0 bridgehead atoms. The van der Waals surface area contributed by atoms with E-state index in [0.717, 1.165) is 12.1 Å². The molecule has 114 valence electrons. The summed E-state index contributed by atoms with van der Waals surface area (Å²) in [6.07, 6.45) is 0. The monoisotopic (exact) mass is 341 g/mol. The number of hydrogen-bond acceptors (Lipinski definition) is 3. The lowest BCUT2D eigenvalue weighted by atomic mass is 10.2. The molecule has 1 N–H and O–H groups in total. The number of ether oxygens (including phenoxy) is 1. The van der Waals surface area contributed by atoms with Crippen molar-refractivity contribution in [1.29, 1.82) is 0 Å². The minimum Gasteiger partial charge on any atom is -0.452 e. The van der Waals surface area contributed by atoms with Crippen LogP contribution in [0.1, 0.15) is 10.4 Å². The molecular weight excluding hydrogens is 332 g/mol. The second-order valence-corrected chi connectivity index (χ2v) is 5.04. The summed E-state index contributed by atoms with van der Waals surface area (Å²) in [4.78, 5) is 23.5. The number of hydrogen-bond donors (Lipinski definition) is 1. The average Bonchev–Trinajstić information content (AvgIpc) is 2.49. The molecule has 2 rings (SSSR count). The van der Waals surface area contributed by atoms with Crippen LogP contribution in [-0.2, 0) is 9.53 Å². The van der Waals surface area contributed by atoms with Crippen molar-refractivity contribution in [1.82, 2.24) is 0 Å². The lowest BCUT2D eigenvalue weighted by Crippen LogP contribution is -2.21. The van der Waals surface area contributed by atoms with Crippen LogP contribution in [0, 0.1) is 5.82 Å². The van der Waals surface area contributed by atoms with Gasteiger partial charge >= 0.3 is 5.97 Å². The Labute approximate surface area is 135 Å². The number of carbonyl (C=O) groups excluding carboxylic acids is 2. The fourth-order valence-corrected chi connectivity index (χ4v) is 1.99. The highest BCUT2D eigenvalue weighted by atomic mass is 35.5. The number of nitrogens with one attached hydrogen (secondary N) is 1. The van der Waals surface area contributed by atoms with E-state index in [-0.39, 0.29) is 21.3 Å². The lowest BCUT2D eigenvalue weighted by Gasteiger charge is -2.08. The number of anilines is 1. The van der Waals surface area contributed by atoms with Crippen molar-refractivity contribution in [3.05, 3.63) is 63.9 Å². The minimum atomic E-state index is -0.730. The predicted molar refractivity (Wildman–Crippen MR) is 81.8 cm³/mol. The number of amides is 1. The Hall–Kier alpha value is -2.11. The van der Waals surface area contributed by atoms with E-state index >= 15 is 0 Å². The van der Waals surface area contributed by atoms with Crippen LogP contribution in [-0.4, -0.2) is 18.5 Å². The molecule has 2 aromatic rings. The van der Waals surface area contributed by atoms with Crippen LogP contribution in [0.2, 0.25) is 10.0 Å². The summed E-state index contributed by atoms with van der Waals surface area (Å²) in [7, 11) is 0. The van der Waals surface area contributed by atoms with E-state index < -0.39 is 24.3 Å². The first kappa shape index (κ1) is 16.3. The first-order valence-corrected chi connectivity index (χ1v) is 6.89. The Kier molecular flexibility index (Phi) is 5.35. The van der Waals surface area contributed by atoms with Crippen molar-refractivity contribution in [3.8, 4) is 0 Å². The summed E-state index contributed by atoms with van der Waals surface area (Å²) >= 11 is 11.7. The lowest BCUT2D eigenvalue weighted by molar-refractivity contribution is -0.119. The van der Waals surface area contributed by atoms with E-state index in [1.165, 1.54) is 18.2 Å². The van der Waals surface area contributed by atoms with Crippen molar-refractivity contribution < 1.29 is 18.7 Å². The van der Waals surface area contributed by atoms with Crippen molar-refractivity contribution in [2.24, 2.45) is 0 Å². The molecule has 0 saturated heterocycles. The van der Waals surface area contributed by atoms with Crippen LogP contribution in [0.4, 0.5) is 10.1 Å². The third-order valence-electron chi connectivity index (χ3n) is 2.63. The van der Waals surface area contributed by atoms with Crippen LogP contribution >= 0.6 is 23.2 Å². The SMILES string of the molecule is O=C(COC(=O)c1ccccc1Cl)Nc1cc(F)ccc1Cl. The molecule has 0 aliphatic carbocycles.